The number of rotatable bonds is 1. The van der Waals surface area contributed by atoms with Crippen LogP contribution in [0.3, 0.4) is 0 Å². The molecule has 0 fully saturated rings. The van der Waals surface area contributed by atoms with Crippen molar-refractivity contribution in [2.45, 2.75) is 6.54 Å². The van der Waals surface area contributed by atoms with Gasteiger partial charge in [0, 0.05) is 5.69 Å². The molecule has 0 radical (unpaired) electrons. The molecule has 0 unspecified atom stereocenters. The summed E-state index contributed by atoms with van der Waals surface area (Å²) in [5.74, 6) is 0.855. The van der Waals surface area contributed by atoms with E-state index < -0.39 is 0 Å². The number of amidine groups is 1. The molecule has 1 aliphatic heterocycles. The lowest BCUT2D eigenvalue weighted by Gasteiger charge is -2.15. The number of nitrogens with one attached hydrogen (secondary N) is 1. The summed E-state index contributed by atoms with van der Waals surface area (Å²) in [4.78, 5) is 4.28. The Balaban J connectivity index is 2.36. The van der Waals surface area contributed by atoms with Crippen LogP contribution in [0.15, 0.2) is 41.9 Å². The average Bonchev–Trinajstić information content (AvgIpc) is 2.17. The van der Waals surface area contributed by atoms with E-state index in [9.17, 15) is 0 Å². The first-order chi connectivity index (χ1) is 5.90. The summed E-state index contributed by atoms with van der Waals surface area (Å²) in [5, 5.41) is 3.18. The minimum absolute atomic E-state index is 0.754. The van der Waals surface area contributed by atoms with Crippen molar-refractivity contribution in [1.29, 1.82) is 0 Å². The van der Waals surface area contributed by atoms with E-state index in [-0.39, 0.29) is 0 Å². The molecule has 1 aliphatic rings. The van der Waals surface area contributed by atoms with Gasteiger partial charge in [0.2, 0.25) is 0 Å². The van der Waals surface area contributed by atoms with Crippen LogP contribution in [0.1, 0.15) is 5.56 Å². The molecule has 0 aliphatic carbocycles. The van der Waals surface area contributed by atoms with E-state index in [2.05, 4.69) is 23.0 Å². The second-order valence-electron chi connectivity index (χ2n) is 2.69. The Hall–Kier alpha value is -1.57. The first-order valence-electron chi connectivity index (χ1n) is 3.92. The van der Waals surface area contributed by atoms with Gasteiger partial charge in [0.05, 0.1) is 6.54 Å². The Labute approximate surface area is 71.6 Å². The molecule has 0 bridgehead atoms. The van der Waals surface area contributed by atoms with Crippen LogP contribution in [0, 0.1) is 0 Å². The molecule has 0 aromatic heterocycles. The molecule has 0 saturated carbocycles. The molecule has 1 aromatic rings. The molecule has 60 valence electrons. The molecular formula is C10H10N2. The normalized spacial score (nSPS) is 14.2. The van der Waals surface area contributed by atoms with Gasteiger partial charge in [-0.25, -0.2) is 0 Å². The van der Waals surface area contributed by atoms with Gasteiger partial charge in [-0.2, -0.15) is 0 Å². The van der Waals surface area contributed by atoms with E-state index >= 15 is 0 Å². The molecule has 2 rings (SSSR count). The number of anilines is 1. The highest BCUT2D eigenvalue weighted by molar-refractivity contribution is 6.04. The first kappa shape index (κ1) is 7.10. The number of nitrogens with zero attached hydrogens (tertiary/aromatic N) is 1. The summed E-state index contributed by atoms with van der Waals surface area (Å²) < 4.78 is 0. The zero-order valence-electron chi connectivity index (χ0n) is 6.75. The van der Waals surface area contributed by atoms with Crippen LogP contribution < -0.4 is 5.32 Å². The fraction of sp³-hybridized carbons (Fsp3) is 0.100. The summed E-state index contributed by atoms with van der Waals surface area (Å²) in [6.45, 7) is 4.42. The second kappa shape index (κ2) is 2.81. The van der Waals surface area contributed by atoms with Gasteiger partial charge in [-0.15, -0.1) is 0 Å². The third kappa shape index (κ3) is 1.11. The van der Waals surface area contributed by atoms with Gasteiger partial charge in [0.25, 0.3) is 0 Å². The Morgan fingerprint density at radius 3 is 3.08 bits per heavy atom. The van der Waals surface area contributed by atoms with Gasteiger partial charge in [0.15, 0.2) is 0 Å². The standard InChI is InChI=1S/C10H10N2/c1-2-10-11-7-8-5-3-4-6-9(8)12-10/h2-6H,1,7H2,(H,11,12). The minimum atomic E-state index is 0.754. The van der Waals surface area contributed by atoms with Crippen LogP contribution in [0.4, 0.5) is 5.69 Å². The lowest BCUT2D eigenvalue weighted by Crippen LogP contribution is -2.14. The van der Waals surface area contributed by atoms with Crippen molar-refractivity contribution in [2.24, 2.45) is 4.99 Å². The van der Waals surface area contributed by atoms with Gasteiger partial charge < -0.3 is 5.32 Å². The highest BCUT2D eigenvalue weighted by Crippen LogP contribution is 2.19. The molecule has 0 saturated heterocycles. The van der Waals surface area contributed by atoms with Gasteiger partial charge in [-0.3, -0.25) is 4.99 Å². The number of aliphatic imine (C=N–C) groups is 1. The molecule has 1 N–H and O–H groups in total. The van der Waals surface area contributed by atoms with Crippen LogP contribution in [-0.2, 0) is 6.54 Å². The van der Waals surface area contributed by atoms with E-state index in [1.807, 2.05) is 18.2 Å². The third-order valence-corrected chi connectivity index (χ3v) is 1.89. The number of hydrogen-bond donors (Lipinski definition) is 1. The molecule has 1 aromatic carbocycles. The fourth-order valence-electron chi connectivity index (χ4n) is 1.24. The molecule has 12 heavy (non-hydrogen) atoms. The molecule has 0 amide bonds. The zero-order chi connectivity index (χ0) is 8.39. The molecule has 2 nitrogen and oxygen atoms in total. The minimum Gasteiger partial charge on any atom is -0.340 e. The smallest absolute Gasteiger partial charge is 0.125 e. The molecule has 1 heterocycles. The highest BCUT2D eigenvalue weighted by atomic mass is 15.0. The van der Waals surface area contributed by atoms with Crippen LogP contribution in [0.25, 0.3) is 0 Å². The van der Waals surface area contributed by atoms with E-state index in [4.69, 9.17) is 0 Å². The zero-order valence-corrected chi connectivity index (χ0v) is 6.75. The topological polar surface area (TPSA) is 24.4 Å². The predicted octanol–water partition coefficient (Wildman–Crippen LogP) is 2.20. The van der Waals surface area contributed by atoms with Crippen LogP contribution >= 0.6 is 0 Å². The number of hydrogen-bond acceptors (Lipinski definition) is 2. The maximum Gasteiger partial charge on any atom is 0.125 e. The van der Waals surface area contributed by atoms with E-state index in [1.54, 1.807) is 6.08 Å². The van der Waals surface area contributed by atoms with Crippen LogP contribution in [-0.4, -0.2) is 5.84 Å². The molecular weight excluding hydrogens is 148 g/mol. The quantitative estimate of drug-likeness (QED) is 0.665. The third-order valence-electron chi connectivity index (χ3n) is 1.89. The van der Waals surface area contributed by atoms with E-state index in [0.29, 0.717) is 0 Å². The summed E-state index contributed by atoms with van der Waals surface area (Å²) in [7, 11) is 0. The summed E-state index contributed by atoms with van der Waals surface area (Å²) in [6.07, 6.45) is 1.73. The highest BCUT2D eigenvalue weighted by Gasteiger charge is 2.06. The van der Waals surface area contributed by atoms with Gasteiger partial charge in [-0.05, 0) is 17.7 Å². The van der Waals surface area contributed by atoms with Crippen molar-refractivity contribution < 1.29 is 0 Å². The average molecular weight is 158 g/mol. The van der Waals surface area contributed by atoms with Crippen molar-refractivity contribution in [3.63, 3.8) is 0 Å². The van der Waals surface area contributed by atoms with E-state index in [1.165, 1.54) is 5.56 Å². The number of fused-ring (bicyclic) bond motifs is 1. The van der Waals surface area contributed by atoms with Crippen molar-refractivity contribution in [3.8, 4) is 0 Å². The molecule has 2 heteroatoms. The maximum absolute atomic E-state index is 4.28. The summed E-state index contributed by atoms with van der Waals surface area (Å²) in [5.41, 5.74) is 2.38. The lowest BCUT2D eigenvalue weighted by atomic mass is 10.1. The van der Waals surface area contributed by atoms with Crippen molar-refractivity contribution in [1.82, 2.24) is 0 Å². The largest absolute Gasteiger partial charge is 0.340 e. The lowest BCUT2D eigenvalue weighted by molar-refractivity contribution is 1.05. The maximum atomic E-state index is 4.28. The summed E-state index contributed by atoms with van der Waals surface area (Å²) in [6, 6.07) is 8.16. The van der Waals surface area contributed by atoms with Gasteiger partial charge in [-0.1, -0.05) is 24.8 Å². The Kier molecular flexibility index (Phi) is 1.67. The van der Waals surface area contributed by atoms with Crippen molar-refractivity contribution >= 4 is 11.5 Å². The first-order valence-corrected chi connectivity index (χ1v) is 3.92. The Bertz CT molecular complexity index is 339. The Morgan fingerprint density at radius 1 is 1.42 bits per heavy atom. The second-order valence-corrected chi connectivity index (χ2v) is 2.69. The monoisotopic (exact) mass is 158 g/mol. The Morgan fingerprint density at radius 2 is 2.25 bits per heavy atom. The fourth-order valence-corrected chi connectivity index (χ4v) is 1.24. The van der Waals surface area contributed by atoms with Gasteiger partial charge in [0.1, 0.15) is 5.84 Å². The van der Waals surface area contributed by atoms with Crippen LogP contribution in [0.2, 0.25) is 0 Å². The van der Waals surface area contributed by atoms with Crippen LogP contribution in [0.5, 0.6) is 0 Å². The predicted molar refractivity (Wildman–Crippen MR) is 51.4 cm³/mol. The van der Waals surface area contributed by atoms with E-state index in [0.717, 1.165) is 18.1 Å². The summed E-state index contributed by atoms with van der Waals surface area (Å²) >= 11 is 0. The SMILES string of the molecule is C=CC1=NCc2ccccc2N1. The molecule has 0 atom stereocenters. The van der Waals surface area contributed by atoms with Crippen molar-refractivity contribution in [2.75, 3.05) is 5.32 Å². The molecule has 0 spiro atoms. The number of para-hydroxylation sites is 1. The van der Waals surface area contributed by atoms with Crippen molar-refractivity contribution in [3.05, 3.63) is 42.5 Å². The number of benzene rings is 1. The van der Waals surface area contributed by atoms with Gasteiger partial charge >= 0.3 is 0 Å².